The van der Waals surface area contributed by atoms with E-state index >= 15 is 0 Å². The standard InChI is InChI=1S/C39H21N5/c1-42-29-13-18-38-35(22-29)33-16-12-28(21-39(33)43(38)30-14-9-25(23-40)10-15-30)27-5-4-6-31(20-27)44-36-8-3-2-7-32(36)34-19-26(24-41)11-17-37(34)44/h2-22H. The second-order valence-corrected chi connectivity index (χ2v) is 10.8. The average Bonchev–Trinajstić information content (AvgIpc) is 3.60. The van der Waals surface area contributed by atoms with E-state index in [1.165, 1.54) is 0 Å². The normalized spacial score (nSPS) is 11.1. The highest BCUT2D eigenvalue weighted by Gasteiger charge is 2.16. The Bertz CT molecular complexity index is 2580. The Morgan fingerprint density at radius 3 is 1.93 bits per heavy atom. The van der Waals surface area contributed by atoms with Crippen molar-refractivity contribution in [2.24, 2.45) is 0 Å². The van der Waals surface area contributed by atoms with Gasteiger partial charge in [0.05, 0.1) is 51.9 Å². The highest BCUT2D eigenvalue weighted by Crippen LogP contribution is 2.38. The molecule has 5 heteroatoms. The molecule has 0 radical (unpaired) electrons. The molecule has 0 atom stereocenters. The van der Waals surface area contributed by atoms with Crippen molar-refractivity contribution in [1.29, 1.82) is 10.5 Å². The molecule has 44 heavy (non-hydrogen) atoms. The Balaban J connectivity index is 1.34. The number of benzene rings is 6. The summed E-state index contributed by atoms with van der Waals surface area (Å²) in [5, 5.41) is 23.1. The van der Waals surface area contributed by atoms with Crippen molar-refractivity contribution in [3.63, 3.8) is 0 Å². The molecule has 0 N–H and O–H groups in total. The molecule has 0 aliphatic rings. The van der Waals surface area contributed by atoms with Gasteiger partial charge in [0.15, 0.2) is 5.69 Å². The minimum Gasteiger partial charge on any atom is -0.309 e. The van der Waals surface area contributed by atoms with Gasteiger partial charge in [-0.15, -0.1) is 0 Å². The fraction of sp³-hybridized carbons (Fsp3) is 0. The summed E-state index contributed by atoms with van der Waals surface area (Å²) in [6.45, 7) is 7.56. The van der Waals surface area contributed by atoms with Crippen LogP contribution in [0.25, 0.3) is 71.0 Å². The monoisotopic (exact) mass is 559 g/mol. The van der Waals surface area contributed by atoms with Gasteiger partial charge < -0.3 is 9.13 Å². The van der Waals surface area contributed by atoms with Crippen LogP contribution in [0.15, 0.2) is 127 Å². The Hall–Kier alpha value is -6.61. The van der Waals surface area contributed by atoms with Gasteiger partial charge in [-0.25, -0.2) is 4.85 Å². The van der Waals surface area contributed by atoms with E-state index < -0.39 is 0 Å². The predicted octanol–water partition coefficient (Wildman–Crippen LogP) is 9.84. The predicted molar refractivity (Wildman–Crippen MR) is 176 cm³/mol. The molecule has 8 aromatic rings. The summed E-state index contributed by atoms with van der Waals surface area (Å²) in [7, 11) is 0. The number of aromatic nitrogens is 2. The summed E-state index contributed by atoms with van der Waals surface area (Å²) in [4.78, 5) is 3.67. The fourth-order valence-electron chi connectivity index (χ4n) is 6.37. The SMILES string of the molecule is [C-]#[N+]c1ccc2c(c1)c1ccc(-c3cccc(-n4c5ccccc5c5cc(C#N)ccc54)c3)cc1n2-c1ccc(C#N)cc1. The number of fused-ring (bicyclic) bond motifs is 6. The number of para-hydroxylation sites is 1. The first-order valence-corrected chi connectivity index (χ1v) is 14.2. The first-order valence-electron chi connectivity index (χ1n) is 14.2. The van der Waals surface area contributed by atoms with E-state index in [1.807, 2.05) is 72.8 Å². The van der Waals surface area contributed by atoms with E-state index in [9.17, 15) is 10.5 Å². The summed E-state index contributed by atoms with van der Waals surface area (Å²) in [6.07, 6.45) is 0. The van der Waals surface area contributed by atoms with Crippen molar-refractivity contribution in [2.75, 3.05) is 0 Å². The highest BCUT2D eigenvalue weighted by molar-refractivity contribution is 6.12. The zero-order valence-electron chi connectivity index (χ0n) is 23.4. The van der Waals surface area contributed by atoms with Gasteiger partial charge in [0.25, 0.3) is 0 Å². The second-order valence-electron chi connectivity index (χ2n) is 10.8. The third kappa shape index (κ3) is 3.77. The maximum Gasteiger partial charge on any atom is 0.188 e. The van der Waals surface area contributed by atoms with Crippen molar-refractivity contribution >= 4 is 49.3 Å². The van der Waals surface area contributed by atoms with Gasteiger partial charge in [0.2, 0.25) is 0 Å². The molecule has 2 heterocycles. The largest absolute Gasteiger partial charge is 0.309 e. The summed E-state index contributed by atoms with van der Waals surface area (Å²) in [5.41, 5.74) is 10.1. The lowest BCUT2D eigenvalue weighted by Gasteiger charge is -2.12. The van der Waals surface area contributed by atoms with Gasteiger partial charge in [-0.3, -0.25) is 0 Å². The molecule has 0 fully saturated rings. The highest BCUT2D eigenvalue weighted by atomic mass is 15.0. The average molecular weight is 560 g/mol. The summed E-state index contributed by atoms with van der Waals surface area (Å²) >= 11 is 0. The van der Waals surface area contributed by atoms with Crippen LogP contribution < -0.4 is 0 Å². The van der Waals surface area contributed by atoms with Crippen LogP contribution in [0.5, 0.6) is 0 Å². The van der Waals surface area contributed by atoms with Gasteiger partial charge in [-0.2, -0.15) is 10.5 Å². The molecule has 0 aliphatic heterocycles. The van der Waals surface area contributed by atoms with Crippen LogP contribution in [-0.2, 0) is 0 Å². The zero-order chi connectivity index (χ0) is 29.8. The minimum atomic E-state index is 0.598. The maximum atomic E-state index is 9.53. The summed E-state index contributed by atoms with van der Waals surface area (Å²) in [5.74, 6) is 0. The van der Waals surface area contributed by atoms with Gasteiger partial charge in [0, 0.05) is 27.5 Å². The molecule has 8 rings (SSSR count). The Kier molecular flexibility index (Phi) is 5.56. The van der Waals surface area contributed by atoms with Gasteiger partial charge >= 0.3 is 0 Å². The van der Waals surface area contributed by atoms with E-state index in [0.717, 1.165) is 66.1 Å². The van der Waals surface area contributed by atoms with Crippen LogP contribution in [0.3, 0.4) is 0 Å². The van der Waals surface area contributed by atoms with Crippen molar-refractivity contribution in [1.82, 2.24) is 9.13 Å². The summed E-state index contributed by atoms with van der Waals surface area (Å²) in [6, 6.07) is 47.1. The van der Waals surface area contributed by atoms with Crippen LogP contribution in [0.1, 0.15) is 11.1 Å². The second kappa shape index (κ2) is 9.74. The molecule has 0 spiro atoms. The molecule has 0 unspecified atom stereocenters. The molecule has 0 saturated carbocycles. The Morgan fingerprint density at radius 1 is 0.477 bits per heavy atom. The quantitative estimate of drug-likeness (QED) is 0.202. The van der Waals surface area contributed by atoms with Crippen molar-refractivity contribution in [3.05, 3.63) is 150 Å². The van der Waals surface area contributed by atoms with Crippen LogP contribution in [0.4, 0.5) is 5.69 Å². The van der Waals surface area contributed by atoms with Gasteiger partial charge in [-0.05, 0) is 95.4 Å². The van der Waals surface area contributed by atoms with E-state index in [1.54, 1.807) is 0 Å². The lowest BCUT2D eigenvalue weighted by atomic mass is 10.0. The number of nitriles is 2. The molecular weight excluding hydrogens is 538 g/mol. The summed E-state index contributed by atoms with van der Waals surface area (Å²) < 4.78 is 4.46. The van der Waals surface area contributed by atoms with Crippen LogP contribution in [0.2, 0.25) is 0 Å². The molecule has 202 valence electrons. The number of hydrogen-bond acceptors (Lipinski definition) is 2. The van der Waals surface area contributed by atoms with E-state index in [0.29, 0.717) is 16.8 Å². The van der Waals surface area contributed by atoms with E-state index in [4.69, 9.17) is 6.57 Å². The topological polar surface area (TPSA) is 61.8 Å². The molecule has 6 aromatic carbocycles. The van der Waals surface area contributed by atoms with Crippen LogP contribution in [-0.4, -0.2) is 9.13 Å². The Morgan fingerprint density at radius 2 is 1.14 bits per heavy atom. The zero-order valence-corrected chi connectivity index (χ0v) is 23.4. The lowest BCUT2D eigenvalue weighted by Crippen LogP contribution is -1.95. The van der Waals surface area contributed by atoms with Crippen LogP contribution in [0, 0.1) is 29.2 Å². The number of nitrogens with zero attached hydrogens (tertiary/aromatic N) is 5. The molecule has 0 amide bonds. The smallest absolute Gasteiger partial charge is 0.188 e. The molecule has 0 aliphatic carbocycles. The molecule has 5 nitrogen and oxygen atoms in total. The molecule has 0 bridgehead atoms. The number of rotatable bonds is 3. The lowest BCUT2D eigenvalue weighted by molar-refractivity contribution is 1.18. The third-order valence-corrected chi connectivity index (χ3v) is 8.37. The van der Waals surface area contributed by atoms with Crippen molar-refractivity contribution in [3.8, 4) is 34.6 Å². The van der Waals surface area contributed by atoms with Crippen molar-refractivity contribution < 1.29 is 0 Å². The van der Waals surface area contributed by atoms with Gasteiger partial charge in [-0.1, -0.05) is 48.5 Å². The molecule has 2 aromatic heterocycles. The number of hydrogen-bond donors (Lipinski definition) is 0. The first kappa shape index (κ1) is 25.1. The van der Waals surface area contributed by atoms with Gasteiger partial charge in [0.1, 0.15) is 0 Å². The minimum absolute atomic E-state index is 0.598. The third-order valence-electron chi connectivity index (χ3n) is 8.37. The van der Waals surface area contributed by atoms with Crippen molar-refractivity contribution in [2.45, 2.75) is 0 Å². The first-order chi connectivity index (χ1) is 21.7. The fourth-order valence-corrected chi connectivity index (χ4v) is 6.37. The van der Waals surface area contributed by atoms with E-state index in [-0.39, 0.29) is 0 Å². The van der Waals surface area contributed by atoms with E-state index in [2.05, 4.69) is 80.7 Å². The Labute approximate surface area is 253 Å². The maximum absolute atomic E-state index is 9.53. The molecular formula is C39H21N5. The van der Waals surface area contributed by atoms with Crippen LogP contribution >= 0.6 is 0 Å². The molecule has 0 saturated heterocycles.